The Morgan fingerprint density at radius 2 is 1.92 bits per heavy atom. The summed E-state index contributed by atoms with van der Waals surface area (Å²) in [5.41, 5.74) is 4.45. The van der Waals surface area contributed by atoms with Gasteiger partial charge in [0.25, 0.3) is 0 Å². The van der Waals surface area contributed by atoms with Gasteiger partial charge in [-0.1, -0.05) is 12.1 Å². The van der Waals surface area contributed by atoms with Crippen LogP contribution in [-0.2, 0) is 13.2 Å². The van der Waals surface area contributed by atoms with Crippen molar-refractivity contribution in [2.24, 2.45) is 0 Å². The lowest BCUT2D eigenvalue weighted by Gasteiger charge is -2.22. The Hall–Kier alpha value is -3.08. The van der Waals surface area contributed by atoms with Gasteiger partial charge in [-0.3, -0.25) is 4.98 Å². The molecule has 4 rings (SSSR count). The maximum atomic E-state index is 14.9. The second kappa shape index (κ2) is 6.67. The average Bonchev–Trinajstić information content (AvgIpc) is 2.67. The first-order valence-corrected chi connectivity index (χ1v) is 8.32. The van der Waals surface area contributed by atoms with E-state index in [4.69, 9.17) is 14.2 Å². The molecule has 5 heteroatoms. The molecule has 2 aromatic carbocycles. The van der Waals surface area contributed by atoms with Gasteiger partial charge in [-0.2, -0.15) is 4.39 Å². The van der Waals surface area contributed by atoms with Crippen LogP contribution in [0.15, 0.2) is 48.7 Å². The molecule has 0 aliphatic carbocycles. The molecule has 1 aliphatic rings. The molecule has 0 saturated heterocycles. The van der Waals surface area contributed by atoms with Gasteiger partial charge in [0.2, 0.25) is 5.82 Å². The van der Waals surface area contributed by atoms with E-state index in [1.165, 1.54) is 0 Å². The Labute approximate surface area is 151 Å². The van der Waals surface area contributed by atoms with Gasteiger partial charge in [0.15, 0.2) is 11.5 Å². The minimum Gasteiger partial charge on any atom is -0.497 e. The maximum Gasteiger partial charge on any atom is 0.207 e. The molecule has 0 amide bonds. The van der Waals surface area contributed by atoms with Crippen molar-refractivity contribution in [2.75, 3.05) is 7.11 Å². The summed E-state index contributed by atoms with van der Waals surface area (Å²) < 4.78 is 31.3. The fourth-order valence-electron chi connectivity index (χ4n) is 2.99. The van der Waals surface area contributed by atoms with Gasteiger partial charge in [0, 0.05) is 23.0 Å². The van der Waals surface area contributed by atoms with Gasteiger partial charge in [-0.15, -0.1) is 0 Å². The van der Waals surface area contributed by atoms with Crippen LogP contribution in [0.5, 0.6) is 17.2 Å². The molecule has 0 unspecified atom stereocenters. The van der Waals surface area contributed by atoms with E-state index >= 15 is 0 Å². The maximum absolute atomic E-state index is 14.9. The number of pyridine rings is 1. The predicted molar refractivity (Wildman–Crippen MR) is 96.0 cm³/mol. The van der Waals surface area contributed by atoms with E-state index < -0.39 is 5.82 Å². The summed E-state index contributed by atoms with van der Waals surface area (Å²) in [5.74, 6) is 0.700. The number of ether oxygens (including phenoxy) is 3. The first-order valence-electron chi connectivity index (χ1n) is 8.32. The lowest BCUT2D eigenvalue weighted by atomic mass is 9.97. The van der Waals surface area contributed by atoms with Crippen LogP contribution in [-0.4, -0.2) is 12.1 Å². The Kier molecular flexibility index (Phi) is 4.21. The van der Waals surface area contributed by atoms with Crippen LogP contribution in [0.4, 0.5) is 4.39 Å². The van der Waals surface area contributed by atoms with E-state index in [9.17, 15) is 4.39 Å². The highest BCUT2D eigenvalue weighted by Crippen LogP contribution is 2.42. The number of fused-ring (bicyclic) bond motifs is 3. The lowest BCUT2D eigenvalue weighted by Crippen LogP contribution is -2.09. The van der Waals surface area contributed by atoms with Crippen molar-refractivity contribution in [3.8, 4) is 28.4 Å². The van der Waals surface area contributed by atoms with Gasteiger partial charge in [-0.05, 0) is 48.4 Å². The largest absolute Gasteiger partial charge is 0.497 e. The first kappa shape index (κ1) is 16.4. The Bertz CT molecular complexity index is 954. The second-order valence-corrected chi connectivity index (χ2v) is 6.16. The standard InChI is InChI=1S/C21H18FNO3/c1-13-9-18-15(10-23-13)12-26-21-17(18)7-8-19(20(21)22)25-11-14-3-5-16(24-2)6-4-14/h3-10H,11-12H2,1-2H3. The molecule has 1 aromatic heterocycles. The molecule has 0 N–H and O–H groups in total. The summed E-state index contributed by atoms with van der Waals surface area (Å²) in [4.78, 5) is 4.27. The van der Waals surface area contributed by atoms with E-state index in [1.54, 1.807) is 19.4 Å². The summed E-state index contributed by atoms with van der Waals surface area (Å²) >= 11 is 0. The highest BCUT2D eigenvalue weighted by Gasteiger charge is 2.23. The van der Waals surface area contributed by atoms with Crippen LogP contribution in [0.25, 0.3) is 11.1 Å². The molecular formula is C21H18FNO3. The van der Waals surface area contributed by atoms with Crippen molar-refractivity contribution in [1.82, 2.24) is 4.98 Å². The molecule has 4 nitrogen and oxygen atoms in total. The molecule has 1 aliphatic heterocycles. The van der Waals surface area contributed by atoms with Crippen molar-refractivity contribution >= 4 is 0 Å². The smallest absolute Gasteiger partial charge is 0.207 e. The van der Waals surface area contributed by atoms with Gasteiger partial charge < -0.3 is 14.2 Å². The summed E-state index contributed by atoms with van der Waals surface area (Å²) in [5, 5.41) is 0. The number of nitrogens with zero attached hydrogens (tertiary/aromatic N) is 1. The van der Waals surface area contributed by atoms with Crippen molar-refractivity contribution in [2.45, 2.75) is 20.1 Å². The Morgan fingerprint density at radius 3 is 2.69 bits per heavy atom. The summed E-state index contributed by atoms with van der Waals surface area (Å²) in [6.45, 7) is 2.48. The van der Waals surface area contributed by atoms with Gasteiger partial charge in [0.1, 0.15) is 19.0 Å². The molecule has 0 saturated carbocycles. The quantitative estimate of drug-likeness (QED) is 0.684. The SMILES string of the molecule is COc1ccc(COc2ccc3c(c2F)OCc2cnc(C)cc2-3)cc1. The van der Waals surface area contributed by atoms with Gasteiger partial charge in [0.05, 0.1) is 7.11 Å². The zero-order valence-corrected chi connectivity index (χ0v) is 14.6. The zero-order chi connectivity index (χ0) is 18.1. The third kappa shape index (κ3) is 2.96. The fourth-order valence-corrected chi connectivity index (χ4v) is 2.99. The third-order valence-corrected chi connectivity index (χ3v) is 4.40. The molecule has 3 aromatic rings. The van der Waals surface area contributed by atoms with Gasteiger partial charge in [-0.25, -0.2) is 0 Å². The summed E-state index contributed by atoms with van der Waals surface area (Å²) in [6.07, 6.45) is 1.78. The number of aryl methyl sites for hydroxylation is 1. The summed E-state index contributed by atoms with van der Waals surface area (Å²) in [7, 11) is 1.61. The van der Waals surface area contributed by atoms with Crippen LogP contribution in [0.1, 0.15) is 16.8 Å². The fraction of sp³-hybridized carbons (Fsp3) is 0.190. The van der Waals surface area contributed by atoms with E-state index in [2.05, 4.69) is 4.98 Å². The molecule has 2 heterocycles. The van der Waals surface area contributed by atoms with Crippen molar-refractivity contribution in [3.63, 3.8) is 0 Å². The van der Waals surface area contributed by atoms with Crippen LogP contribution >= 0.6 is 0 Å². The Balaban J connectivity index is 1.59. The van der Waals surface area contributed by atoms with E-state index in [1.807, 2.05) is 43.3 Å². The normalized spacial score (nSPS) is 12.0. The highest BCUT2D eigenvalue weighted by atomic mass is 19.1. The number of halogens is 1. The third-order valence-electron chi connectivity index (χ3n) is 4.40. The summed E-state index contributed by atoms with van der Waals surface area (Å²) in [6, 6.07) is 12.9. The number of benzene rings is 2. The molecule has 0 atom stereocenters. The first-order chi connectivity index (χ1) is 12.7. The number of rotatable bonds is 4. The lowest BCUT2D eigenvalue weighted by molar-refractivity contribution is 0.260. The van der Waals surface area contributed by atoms with E-state index in [0.29, 0.717) is 6.61 Å². The van der Waals surface area contributed by atoms with Crippen molar-refractivity contribution in [3.05, 3.63) is 71.3 Å². The van der Waals surface area contributed by atoms with Crippen LogP contribution < -0.4 is 14.2 Å². The van der Waals surface area contributed by atoms with Crippen LogP contribution in [0.2, 0.25) is 0 Å². The Morgan fingerprint density at radius 1 is 1.12 bits per heavy atom. The molecular weight excluding hydrogens is 333 g/mol. The zero-order valence-electron chi connectivity index (χ0n) is 14.6. The molecule has 0 bridgehead atoms. The van der Waals surface area contributed by atoms with Crippen molar-refractivity contribution < 1.29 is 18.6 Å². The topological polar surface area (TPSA) is 40.6 Å². The molecule has 0 fully saturated rings. The monoisotopic (exact) mass is 351 g/mol. The van der Waals surface area contributed by atoms with Crippen LogP contribution in [0, 0.1) is 12.7 Å². The molecule has 132 valence electrons. The number of hydrogen-bond acceptors (Lipinski definition) is 4. The second-order valence-electron chi connectivity index (χ2n) is 6.16. The minimum absolute atomic E-state index is 0.175. The number of hydrogen-bond donors (Lipinski definition) is 0. The average molecular weight is 351 g/mol. The van der Waals surface area contributed by atoms with Gasteiger partial charge >= 0.3 is 0 Å². The predicted octanol–water partition coefficient (Wildman–Crippen LogP) is 4.68. The highest BCUT2D eigenvalue weighted by molar-refractivity contribution is 5.76. The van der Waals surface area contributed by atoms with E-state index in [0.717, 1.165) is 33.7 Å². The molecule has 26 heavy (non-hydrogen) atoms. The van der Waals surface area contributed by atoms with E-state index in [-0.39, 0.29) is 18.1 Å². The number of methoxy groups -OCH3 is 1. The van der Waals surface area contributed by atoms with Crippen LogP contribution in [0.3, 0.4) is 0 Å². The molecule has 0 spiro atoms. The number of aromatic nitrogens is 1. The minimum atomic E-state index is -0.476. The molecule has 0 radical (unpaired) electrons. The van der Waals surface area contributed by atoms with Crippen molar-refractivity contribution in [1.29, 1.82) is 0 Å².